The molecule has 1 rings (SSSR count). The van der Waals surface area contributed by atoms with Crippen molar-refractivity contribution >= 4 is 11.8 Å². The van der Waals surface area contributed by atoms with Crippen molar-refractivity contribution in [2.24, 2.45) is 0 Å². The zero-order valence-electron chi connectivity index (χ0n) is 7.81. The molecule has 0 saturated heterocycles. The summed E-state index contributed by atoms with van der Waals surface area (Å²) in [5, 5.41) is 22.7. The highest BCUT2D eigenvalue weighted by atomic mass is 16.5. The van der Waals surface area contributed by atoms with Gasteiger partial charge in [0.2, 0.25) is 0 Å². The number of aliphatic hydroxyl groups is 1. The Morgan fingerprint density at radius 3 is 3.07 bits per heavy atom. The lowest BCUT2D eigenvalue weighted by molar-refractivity contribution is -0.577. The summed E-state index contributed by atoms with van der Waals surface area (Å²) in [6.07, 6.45) is 2.99. The van der Waals surface area contributed by atoms with Crippen LogP contribution in [0.25, 0.3) is 0 Å². The Balaban J connectivity index is 2.46. The molecule has 0 aliphatic heterocycles. The molecule has 0 unspecified atom stereocenters. The van der Waals surface area contributed by atoms with E-state index in [4.69, 9.17) is 10.8 Å². The van der Waals surface area contributed by atoms with Crippen LogP contribution in [0.4, 0.5) is 11.8 Å². The molecule has 6 nitrogen and oxygen atoms in total. The highest BCUT2D eigenvalue weighted by Crippen LogP contribution is 2.00. The molecule has 0 saturated carbocycles. The number of rotatable bonds is 5. The standard InChI is InChI=1S/C8H14N4O2/c9-8-11-5-3-7(12(8)14)10-4-1-2-6-13/h3,5,10,13H,1-2,4,6H2,(H2,9,11). The maximum Gasteiger partial charge on any atom is 0.343 e. The molecule has 0 aliphatic carbocycles. The van der Waals surface area contributed by atoms with E-state index < -0.39 is 0 Å². The maximum absolute atomic E-state index is 11.2. The first-order valence-electron chi connectivity index (χ1n) is 4.44. The van der Waals surface area contributed by atoms with Gasteiger partial charge in [-0.2, -0.15) is 0 Å². The molecular weight excluding hydrogens is 184 g/mol. The highest BCUT2D eigenvalue weighted by Gasteiger charge is 2.02. The molecule has 6 heteroatoms. The molecular formula is C8H14N4O2. The van der Waals surface area contributed by atoms with Crippen molar-refractivity contribution in [2.45, 2.75) is 12.8 Å². The second kappa shape index (κ2) is 5.23. The van der Waals surface area contributed by atoms with Gasteiger partial charge < -0.3 is 21.4 Å². The smallest absolute Gasteiger partial charge is 0.343 e. The SMILES string of the molecule is Nc1nccc(NCCCCO)[n+]1[O-]. The van der Waals surface area contributed by atoms with Gasteiger partial charge in [-0.25, -0.2) is 4.73 Å². The number of nitrogen functional groups attached to an aromatic ring is 1. The summed E-state index contributed by atoms with van der Waals surface area (Å²) in [6.45, 7) is 0.795. The van der Waals surface area contributed by atoms with Crippen LogP contribution in [-0.2, 0) is 0 Å². The van der Waals surface area contributed by atoms with Gasteiger partial charge in [-0.3, -0.25) is 0 Å². The van der Waals surface area contributed by atoms with Crippen LogP contribution in [0.1, 0.15) is 12.8 Å². The van der Waals surface area contributed by atoms with Crippen LogP contribution in [0.5, 0.6) is 0 Å². The Kier molecular flexibility index (Phi) is 3.93. The molecule has 0 atom stereocenters. The molecule has 0 spiro atoms. The Morgan fingerprint density at radius 1 is 1.57 bits per heavy atom. The summed E-state index contributed by atoms with van der Waals surface area (Å²) in [7, 11) is 0. The normalized spacial score (nSPS) is 10.1. The average molecular weight is 198 g/mol. The van der Waals surface area contributed by atoms with Crippen molar-refractivity contribution in [3.05, 3.63) is 17.5 Å². The molecule has 1 aromatic rings. The third kappa shape index (κ3) is 2.74. The topological polar surface area (TPSA) is 98.1 Å². The van der Waals surface area contributed by atoms with E-state index in [0.717, 1.165) is 6.42 Å². The second-order valence-corrected chi connectivity index (χ2v) is 2.84. The van der Waals surface area contributed by atoms with Gasteiger partial charge in [0, 0.05) is 19.2 Å². The van der Waals surface area contributed by atoms with Crippen molar-refractivity contribution in [3.63, 3.8) is 0 Å². The first kappa shape index (κ1) is 10.5. The molecule has 0 amide bonds. The highest BCUT2D eigenvalue weighted by molar-refractivity contribution is 5.29. The van der Waals surface area contributed by atoms with Gasteiger partial charge in [0.05, 0.1) is 6.20 Å². The summed E-state index contributed by atoms with van der Waals surface area (Å²) in [6, 6.07) is 1.56. The molecule has 0 fully saturated rings. The first-order chi connectivity index (χ1) is 6.75. The van der Waals surface area contributed by atoms with E-state index in [9.17, 15) is 5.21 Å². The van der Waals surface area contributed by atoms with Crippen LogP contribution < -0.4 is 15.8 Å². The van der Waals surface area contributed by atoms with Crippen LogP contribution >= 0.6 is 0 Å². The van der Waals surface area contributed by atoms with Gasteiger partial charge in [-0.05, 0) is 12.8 Å². The molecule has 0 bridgehead atoms. The zero-order valence-corrected chi connectivity index (χ0v) is 7.81. The predicted molar refractivity (Wildman–Crippen MR) is 52.4 cm³/mol. The minimum absolute atomic E-state index is 0.0721. The Hall–Kier alpha value is -1.56. The second-order valence-electron chi connectivity index (χ2n) is 2.84. The van der Waals surface area contributed by atoms with E-state index in [0.29, 0.717) is 23.5 Å². The first-order valence-corrected chi connectivity index (χ1v) is 4.44. The van der Waals surface area contributed by atoms with E-state index in [1.807, 2.05) is 0 Å². The number of unbranched alkanes of at least 4 members (excludes halogenated alkanes) is 1. The van der Waals surface area contributed by atoms with Gasteiger partial charge >= 0.3 is 5.95 Å². The van der Waals surface area contributed by atoms with Crippen molar-refractivity contribution in [1.29, 1.82) is 0 Å². The average Bonchev–Trinajstić information content (AvgIpc) is 2.19. The summed E-state index contributed by atoms with van der Waals surface area (Å²) >= 11 is 0. The third-order valence-corrected chi connectivity index (χ3v) is 1.76. The summed E-state index contributed by atoms with van der Waals surface area (Å²) in [4.78, 5) is 3.63. The number of nitrogens with zero attached hydrogens (tertiary/aromatic N) is 2. The monoisotopic (exact) mass is 198 g/mol. The quantitative estimate of drug-likeness (QED) is 0.336. The molecule has 0 aliphatic rings. The number of aromatic nitrogens is 2. The van der Waals surface area contributed by atoms with Crippen molar-refractivity contribution in [2.75, 3.05) is 24.2 Å². The van der Waals surface area contributed by atoms with Gasteiger partial charge in [-0.15, -0.1) is 4.98 Å². The lowest BCUT2D eigenvalue weighted by Crippen LogP contribution is -2.35. The van der Waals surface area contributed by atoms with E-state index in [2.05, 4.69) is 10.3 Å². The van der Waals surface area contributed by atoms with Crippen LogP contribution in [0.15, 0.2) is 12.3 Å². The summed E-state index contributed by atoms with van der Waals surface area (Å²) in [5.41, 5.74) is 5.31. The van der Waals surface area contributed by atoms with E-state index in [1.165, 1.54) is 6.20 Å². The number of anilines is 2. The Labute approximate surface area is 82.0 Å². The summed E-state index contributed by atoms with van der Waals surface area (Å²) in [5.74, 6) is 0.313. The molecule has 0 aromatic carbocycles. The largest absolute Gasteiger partial charge is 0.754 e. The number of aliphatic hydroxyl groups excluding tert-OH is 1. The number of nitrogens with one attached hydrogen (secondary N) is 1. The molecule has 14 heavy (non-hydrogen) atoms. The van der Waals surface area contributed by atoms with Gasteiger partial charge in [0.15, 0.2) is 5.82 Å². The minimum atomic E-state index is -0.0721. The van der Waals surface area contributed by atoms with Gasteiger partial charge in [-0.1, -0.05) is 0 Å². The molecule has 4 N–H and O–H groups in total. The van der Waals surface area contributed by atoms with Crippen molar-refractivity contribution < 1.29 is 9.84 Å². The van der Waals surface area contributed by atoms with E-state index in [1.54, 1.807) is 6.07 Å². The fraction of sp³-hybridized carbons (Fsp3) is 0.500. The molecule has 1 aromatic heterocycles. The fourth-order valence-corrected chi connectivity index (χ4v) is 1.01. The zero-order chi connectivity index (χ0) is 10.4. The molecule has 78 valence electrons. The Bertz CT molecular complexity index is 293. The summed E-state index contributed by atoms with van der Waals surface area (Å²) < 4.78 is 0.541. The van der Waals surface area contributed by atoms with Crippen LogP contribution in [0, 0.1) is 5.21 Å². The van der Waals surface area contributed by atoms with Gasteiger partial charge in [0.25, 0.3) is 0 Å². The molecule has 0 radical (unpaired) electrons. The van der Waals surface area contributed by atoms with Crippen LogP contribution in [-0.4, -0.2) is 23.2 Å². The minimum Gasteiger partial charge on any atom is -0.754 e. The van der Waals surface area contributed by atoms with Crippen LogP contribution in [0.2, 0.25) is 0 Å². The lowest BCUT2D eigenvalue weighted by atomic mass is 10.3. The maximum atomic E-state index is 11.2. The number of hydrogen-bond donors (Lipinski definition) is 3. The fourth-order valence-electron chi connectivity index (χ4n) is 1.01. The number of hydrogen-bond acceptors (Lipinski definition) is 5. The Morgan fingerprint density at radius 2 is 2.36 bits per heavy atom. The molecule has 1 heterocycles. The van der Waals surface area contributed by atoms with Crippen molar-refractivity contribution in [3.8, 4) is 0 Å². The van der Waals surface area contributed by atoms with E-state index in [-0.39, 0.29) is 12.6 Å². The van der Waals surface area contributed by atoms with Gasteiger partial charge in [0.1, 0.15) is 0 Å². The van der Waals surface area contributed by atoms with Crippen LogP contribution in [0.3, 0.4) is 0 Å². The van der Waals surface area contributed by atoms with E-state index >= 15 is 0 Å². The lowest BCUT2D eigenvalue weighted by Gasteiger charge is -2.12. The third-order valence-electron chi connectivity index (χ3n) is 1.76. The number of nitrogens with two attached hydrogens (primary N) is 1. The predicted octanol–water partition coefficient (Wildman–Crippen LogP) is -0.518. The van der Waals surface area contributed by atoms with Crippen molar-refractivity contribution in [1.82, 2.24) is 4.98 Å².